The number of hydrogen-bond donors (Lipinski definition) is 1. The molecule has 0 unspecified atom stereocenters. The van der Waals surface area contributed by atoms with E-state index in [1.165, 1.54) is 11.1 Å². The van der Waals surface area contributed by atoms with Gasteiger partial charge in [-0.05, 0) is 110 Å². The first-order valence-corrected chi connectivity index (χ1v) is 20.0. The molecule has 256 valence electrons. The molecule has 10 heteroatoms. The summed E-state index contributed by atoms with van der Waals surface area (Å²) in [5.74, 6) is 1.40. The molecule has 47 heavy (non-hydrogen) atoms. The highest BCUT2D eigenvalue weighted by atomic mass is 35.5. The van der Waals surface area contributed by atoms with E-state index in [2.05, 4.69) is 47.8 Å². The van der Waals surface area contributed by atoms with Gasteiger partial charge in [0.05, 0.1) is 23.1 Å². The Morgan fingerprint density at radius 3 is 2.70 bits per heavy atom. The van der Waals surface area contributed by atoms with Gasteiger partial charge in [0.1, 0.15) is 5.75 Å². The average Bonchev–Trinajstić information content (AvgIpc) is 3.17. The smallest absolute Gasteiger partial charge is 0.264 e. The number of anilines is 1. The van der Waals surface area contributed by atoms with Crippen molar-refractivity contribution in [1.29, 1.82) is 0 Å². The van der Waals surface area contributed by atoms with Crippen LogP contribution in [0.2, 0.25) is 5.02 Å². The molecule has 1 spiro atoms. The topological polar surface area (TPSA) is 84.9 Å². The van der Waals surface area contributed by atoms with E-state index in [0.29, 0.717) is 35.7 Å². The third-order valence-corrected chi connectivity index (χ3v) is 14.7. The van der Waals surface area contributed by atoms with Gasteiger partial charge in [0.25, 0.3) is 5.91 Å². The monoisotopic (exact) mass is 700 g/mol. The highest BCUT2D eigenvalue weighted by molar-refractivity contribution is 7.99. The first-order chi connectivity index (χ1) is 22.4. The van der Waals surface area contributed by atoms with Crippen LogP contribution in [-0.4, -0.2) is 63.0 Å². The summed E-state index contributed by atoms with van der Waals surface area (Å²) >= 11 is 8.37. The second-order valence-electron chi connectivity index (χ2n) is 14.5. The van der Waals surface area contributed by atoms with Gasteiger partial charge < -0.3 is 14.4 Å². The summed E-state index contributed by atoms with van der Waals surface area (Å²) in [5, 5.41) is 0.441. The van der Waals surface area contributed by atoms with E-state index in [1.54, 1.807) is 13.0 Å². The molecule has 7 nitrogen and oxygen atoms in total. The molecule has 1 saturated carbocycles. The van der Waals surface area contributed by atoms with E-state index in [9.17, 15) is 13.2 Å². The molecule has 2 bridgehead atoms. The maximum absolute atomic E-state index is 13.5. The van der Waals surface area contributed by atoms with E-state index < -0.39 is 26.8 Å². The number of sulfonamides is 1. The molecule has 6 rings (SSSR count). The Balaban J connectivity index is 1.46. The zero-order valence-corrected chi connectivity index (χ0v) is 30.6. The van der Waals surface area contributed by atoms with Gasteiger partial charge in [0.15, 0.2) is 0 Å². The minimum absolute atomic E-state index is 0.200. The zero-order valence-electron chi connectivity index (χ0n) is 28.3. The van der Waals surface area contributed by atoms with E-state index in [1.807, 2.05) is 44.0 Å². The van der Waals surface area contributed by atoms with Crippen LogP contribution in [-0.2, 0) is 26.6 Å². The van der Waals surface area contributed by atoms with Crippen LogP contribution in [0.1, 0.15) is 81.3 Å². The summed E-state index contributed by atoms with van der Waals surface area (Å²) in [4.78, 5) is 15.9. The van der Waals surface area contributed by atoms with Crippen molar-refractivity contribution in [3.63, 3.8) is 0 Å². The van der Waals surface area contributed by atoms with Gasteiger partial charge >= 0.3 is 0 Å². The third-order valence-electron chi connectivity index (χ3n) is 11.3. The number of aryl methyl sites for hydroxylation is 1. The summed E-state index contributed by atoms with van der Waals surface area (Å²) in [6.07, 6.45) is 10.1. The predicted molar refractivity (Wildman–Crippen MR) is 193 cm³/mol. The number of thioether (sulfide) groups is 1. The lowest BCUT2D eigenvalue weighted by molar-refractivity contribution is -0.0588. The minimum Gasteiger partial charge on any atom is -0.490 e. The number of benzene rings is 2. The van der Waals surface area contributed by atoms with Crippen LogP contribution < -0.4 is 14.4 Å². The van der Waals surface area contributed by atoms with Gasteiger partial charge in [0, 0.05) is 42.0 Å². The van der Waals surface area contributed by atoms with Crippen molar-refractivity contribution < 1.29 is 22.7 Å². The minimum atomic E-state index is -3.93. The summed E-state index contributed by atoms with van der Waals surface area (Å²) < 4.78 is 42.4. The third kappa shape index (κ3) is 6.84. The molecule has 0 saturated heterocycles. The molecule has 1 N–H and O–H groups in total. The zero-order chi connectivity index (χ0) is 33.6. The van der Waals surface area contributed by atoms with Crippen LogP contribution in [0.25, 0.3) is 0 Å². The fourth-order valence-electron chi connectivity index (χ4n) is 8.08. The van der Waals surface area contributed by atoms with Crippen molar-refractivity contribution in [2.24, 2.45) is 17.8 Å². The standard InChI is InChI=1S/C37H49ClN2O5S2/c1-24(2)46-23-37(44-5)17-6-8-25(3)26(4)47(42,43)39-35(41)28-11-15-34-33(19-28)40(20-29-10-13-32(29)37)21-36(22-45-34)16-7-9-27-18-30(38)12-14-31(27)36/h6,11-12,14-15,17-19,24-26,29,32H,7-10,13,16,20-23H2,1-5H3,(H,39,41)/b17-6+/t25-,26+,29-,32+,36-,37+/m0/s1. The summed E-state index contributed by atoms with van der Waals surface area (Å²) in [7, 11) is -2.10. The second kappa shape index (κ2) is 13.6. The number of methoxy groups -OCH3 is 1. The van der Waals surface area contributed by atoms with Gasteiger partial charge in [-0.2, -0.15) is 11.8 Å². The molecule has 2 aliphatic carbocycles. The molecular formula is C37H49ClN2O5S2. The van der Waals surface area contributed by atoms with Crippen LogP contribution in [0.5, 0.6) is 5.75 Å². The molecule has 4 aliphatic rings. The number of carbonyl (C=O) groups is 1. The Kier molecular flexibility index (Phi) is 10.0. The van der Waals surface area contributed by atoms with Gasteiger partial charge in [-0.1, -0.05) is 50.6 Å². The van der Waals surface area contributed by atoms with Crippen LogP contribution >= 0.6 is 23.4 Å². The van der Waals surface area contributed by atoms with E-state index >= 15 is 0 Å². The average molecular weight is 701 g/mol. The van der Waals surface area contributed by atoms with E-state index in [-0.39, 0.29) is 11.3 Å². The number of amides is 1. The maximum atomic E-state index is 13.5. The molecule has 1 amide bonds. The summed E-state index contributed by atoms with van der Waals surface area (Å²) in [6.45, 7) is 10.1. The lowest BCUT2D eigenvalue weighted by atomic mass is 9.64. The first kappa shape index (κ1) is 34.7. The van der Waals surface area contributed by atoms with Crippen molar-refractivity contribution >= 4 is 45.0 Å². The van der Waals surface area contributed by atoms with Crippen molar-refractivity contribution in [3.8, 4) is 5.75 Å². The van der Waals surface area contributed by atoms with Crippen molar-refractivity contribution in [2.75, 3.05) is 37.5 Å². The highest BCUT2D eigenvalue weighted by Crippen LogP contribution is 2.50. The molecule has 1 fully saturated rings. The number of halogens is 1. The number of fused-ring (bicyclic) bond motifs is 4. The number of rotatable bonds is 4. The van der Waals surface area contributed by atoms with Gasteiger partial charge in [-0.25, -0.2) is 13.1 Å². The lowest BCUT2D eigenvalue weighted by Gasteiger charge is -2.50. The Morgan fingerprint density at radius 1 is 1.17 bits per heavy atom. The fraction of sp³-hybridized carbons (Fsp3) is 0.595. The fourth-order valence-corrected chi connectivity index (χ4v) is 10.6. The predicted octanol–water partition coefficient (Wildman–Crippen LogP) is 7.41. The quantitative estimate of drug-likeness (QED) is 0.333. The molecular weight excluding hydrogens is 652 g/mol. The molecule has 0 radical (unpaired) electrons. The van der Waals surface area contributed by atoms with Crippen LogP contribution in [0.3, 0.4) is 0 Å². The number of hydrogen-bond acceptors (Lipinski definition) is 7. The molecule has 2 aliphatic heterocycles. The number of ether oxygens (including phenoxy) is 2. The number of allylic oxidation sites excluding steroid dienone is 1. The van der Waals surface area contributed by atoms with Gasteiger partial charge in [0.2, 0.25) is 10.0 Å². The van der Waals surface area contributed by atoms with Crippen molar-refractivity contribution in [1.82, 2.24) is 4.72 Å². The summed E-state index contributed by atoms with van der Waals surface area (Å²) in [6, 6.07) is 11.6. The number of nitrogens with zero attached hydrogens (tertiary/aromatic N) is 1. The molecule has 2 aromatic carbocycles. The Bertz CT molecular complexity index is 1630. The normalized spacial score (nSPS) is 32.7. The summed E-state index contributed by atoms with van der Waals surface area (Å²) in [5.41, 5.74) is 2.99. The van der Waals surface area contributed by atoms with E-state index in [0.717, 1.165) is 67.4 Å². The van der Waals surface area contributed by atoms with Gasteiger partial charge in [-0.3, -0.25) is 4.79 Å². The van der Waals surface area contributed by atoms with E-state index in [4.69, 9.17) is 21.1 Å². The van der Waals surface area contributed by atoms with Crippen LogP contribution in [0, 0.1) is 17.8 Å². The number of nitrogens with one attached hydrogen (secondary N) is 1. The molecule has 2 aromatic rings. The van der Waals surface area contributed by atoms with Gasteiger partial charge in [-0.15, -0.1) is 0 Å². The Morgan fingerprint density at radius 2 is 1.98 bits per heavy atom. The SMILES string of the molecule is CO[C@@]1(CSC(C)C)/C=C/C[C@H](C)[C@@H](C)S(=O)(=O)NC(=O)c2ccc3c(c2)N(C[C@@H]2CC[C@H]21)C[C@@]1(CCCc2cc(Cl)ccc21)CO3. The first-order valence-electron chi connectivity index (χ1n) is 17.1. The van der Waals surface area contributed by atoms with Crippen molar-refractivity contribution in [2.45, 2.75) is 87.7 Å². The Labute approximate surface area is 290 Å². The van der Waals surface area contributed by atoms with Crippen LogP contribution in [0.4, 0.5) is 5.69 Å². The van der Waals surface area contributed by atoms with Crippen LogP contribution in [0.15, 0.2) is 48.6 Å². The number of carbonyl (C=O) groups excluding carboxylic acids is 1. The maximum Gasteiger partial charge on any atom is 0.264 e. The Hall–Kier alpha value is -2.20. The molecule has 2 heterocycles. The second-order valence-corrected chi connectivity index (χ2v) is 18.6. The van der Waals surface area contributed by atoms with Crippen molar-refractivity contribution in [3.05, 3.63) is 70.3 Å². The largest absolute Gasteiger partial charge is 0.490 e. The molecule has 0 aromatic heterocycles. The lowest BCUT2D eigenvalue weighted by Crippen LogP contribution is -2.54. The molecule has 6 atom stereocenters. The highest BCUT2D eigenvalue weighted by Gasteiger charge is 2.49.